The van der Waals surface area contributed by atoms with E-state index in [2.05, 4.69) is 0 Å². The van der Waals surface area contributed by atoms with Crippen molar-refractivity contribution in [3.05, 3.63) is 11.1 Å². The van der Waals surface area contributed by atoms with Gasteiger partial charge in [-0.1, -0.05) is 17.7 Å². The van der Waals surface area contributed by atoms with Gasteiger partial charge in [-0.2, -0.15) is 13.2 Å². The van der Waals surface area contributed by atoms with Gasteiger partial charge < -0.3 is 10.2 Å². The van der Waals surface area contributed by atoms with Crippen LogP contribution in [0.4, 0.5) is 13.2 Å². The highest BCUT2D eigenvalue weighted by Crippen LogP contribution is 2.60. The number of carbonyl (C=O) groups is 2. The van der Waals surface area contributed by atoms with Crippen LogP contribution >= 0.6 is 11.6 Å². The molecule has 0 radical (unpaired) electrons. The molecule has 1 aliphatic carbocycles. The van der Waals surface area contributed by atoms with Crippen LogP contribution in [-0.2, 0) is 9.59 Å². The third kappa shape index (κ3) is 2.24. The summed E-state index contributed by atoms with van der Waals surface area (Å²) in [7, 11) is 0. The Hall–Kier alpha value is -1.24. The number of hydrogen-bond acceptors (Lipinski definition) is 2. The number of alkyl halides is 3. The Labute approximate surface area is 98.7 Å². The molecule has 0 aromatic heterocycles. The standard InChI is InChI=1S/C9H8ClF3O4/c1-8(7(16)17)3(5(8)6(14)15)2-4(10)9(11,12)13/h2-3,5H,1H3,(H,14,15)(H,16,17)/b4-2-. The van der Waals surface area contributed by atoms with E-state index < -0.39 is 40.4 Å². The highest BCUT2D eigenvalue weighted by molar-refractivity contribution is 6.30. The lowest BCUT2D eigenvalue weighted by Crippen LogP contribution is -2.17. The predicted octanol–water partition coefficient (Wildman–Crippen LogP) is 2.09. The van der Waals surface area contributed by atoms with Gasteiger partial charge in [-0.3, -0.25) is 9.59 Å². The third-order valence-corrected chi connectivity index (χ3v) is 3.25. The zero-order chi connectivity index (χ0) is 13.6. The van der Waals surface area contributed by atoms with Gasteiger partial charge in [0, 0.05) is 5.92 Å². The summed E-state index contributed by atoms with van der Waals surface area (Å²) in [6.07, 6.45) is -4.35. The molecule has 1 saturated carbocycles. The number of rotatable bonds is 3. The summed E-state index contributed by atoms with van der Waals surface area (Å²) in [6.45, 7) is 1.08. The smallest absolute Gasteiger partial charge is 0.426 e. The Kier molecular flexibility index (Phi) is 3.17. The van der Waals surface area contributed by atoms with Crippen LogP contribution in [0.3, 0.4) is 0 Å². The average molecular weight is 273 g/mol. The van der Waals surface area contributed by atoms with Crippen LogP contribution in [-0.4, -0.2) is 28.3 Å². The maximum Gasteiger partial charge on any atom is 0.426 e. The van der Waals surface area contributed by atoms with E-state index in [1.807, 2.05) is 0 Å². The van der Waals surface area contributed by atoms with Crippen LogP contribution in [0.2, 0.25) is 0 Å². The van der Waals surface area contributed by atoms with E-state index >= 15 is 0 Å². The van der Waals surface area contributed by atoms with Gasteiger partial charge in [-0.15, -0.1) is 0 Å². The number of aliphatic carboxylic acids is 2. The molecule has 0 saturated heterocycles. The van der Waals surface area contributed by atoms with Gasteiger partial charge in [0.05, 0.1) is 11.3 Å². The minimum Gasteiger partial charge on any atom is -0.481 e. The lowest BCUT2D eigenvalue weighted by molar-refractivity contribution is -0.148. The highest BCUT2D eigenvalue weighted by Gasteiger charge is 2.70. The van der Waals surface area contributed by atoms with Gasteiger partial charge in [-0.05, 0) is 6.92 Å². The summed E-state index contributed by atoms with van der Waals surface area (Å²) in [4.78, 5) is 21.5. The molecule has 17 heavy (non-hydrogen) atoms. The molecule has 0 heterocycles. The van der Waals surface area contributed by atoms with Crippen LogP contribution in [0.1, 0.15) is 6.92 Å². The van der Waals surface area contributed by atoms with E-state index in [0.717, 1.165) is 6.92 Å². The molecule has 0 aliphatic heterocycles. The molecule has 3 atom stereocenters. The SMILES string of the molecule is CC1(C(=O)O)C(/C=C(\Cl)C(F)(F)F)C1C(=O)O. The molecule has 0 spiro atoms. The van der Waals surface area contributed by atoms with Gasteiger partial charge in [0.25, 0.3) is 0 Å². The average Bonchev–Trinajstić information content (AvgIpc) is 2.71. The largest absolute Gasteiger partial charge is 0.481 e. The highest BCUT2D eigenvalue weighted by atomic mass is 35.5. The number of carboxylic acids is 2. The van der Waals surface area contributed by atoms with Crippen LogP contribution < -0.4 is 0 Å². The van der Waals surface area contributed by atoms with Crippen molar-refractivity contribution in [2.24, 2.45) is 17.3 Å². The van der Waals surface area contributed by atoms with E-state index in [-0.39, 0.29) is 0 Å². The summed E-state index contributed by atoms with van der Waals surface area (Å²) >= 11 is 4.94. The van der Waals surface area contributed by atoms with E-state index in [4.69, 9.17) is 21.8 Å². The molecule has 4 nitrogen and oxygen atoms in total. The second-order valence-corrected chi connectivity index (χ2v) is 4.35. The van der Waals surface area contributed by atoms with E-state index in [1.54, 1.807) is 0 Å². The third-order valence-electron chi connectivity index (χ3n) is 2.91. The molecule has 0 aromatic rings. The maximum atomic E-state index is 12.1. The van der Waals surface area contributed by atoms with Crippen LogP contribution in [0.5, 0.6) is 0 Å². The molecule has 1 aliphatic rings. The van der Waals surface area contributed by atoms with Crippen LogP contribution in [0.25, 0.3) is 0 Å². The predicted molar refractivity (Wildman–Crippen MR) is 50.3 cm³/mol. The Balaban J connectivity index is 3.02. The maximum absolute atomic E-state index is 12.1. The van der Waals surface area contributed by atoms with E-state index in [1.165, 1.54) is 0 Å². The van der Waals surface area contributed by atoms with Crippen molar-refractivity contribution in [2.45, 2.75) is 13.1 Å². The molecule has 8 heteroatoms. The fourth-order valence-corrected chi connectivity index (χ4v) is 1.89. The van der Waals surface area contributed by atoms with Crippen molar-refractivity contribution in [1.82, 2.24) is 0 Å². The lowest BCUT2D eigenvalue weighted by atomic mass is 10.1. The first-order valence-electron chi connectivity index (χ1n) is 4.43. The second kappa shape index (κ2) is 3.90. The van der Waals surface area contributed by atoms with Crippen molar-refractivity contribution < 1.29 is 33.0 Å². The van der Waals surface area contributed by atoms with Crippen molar-refractivity contribution in [2.75, 3.05) is 0 Å². The fraction of sp³-hybridized carbons (Fsp3) is 0.556. The fourth-order valence-electron chi connectivity index (χ4n) is 1.75. The molecule has 0 aromatic carbocycles. The Morgan fingerprint density at radius 2 is 1.82 bits per heavy atom. The summed E-state index contributed by atoms with van der Waals surface area (Å²) in [6, 6.07) is 0. The molecule has 1 rings (SSSR count). The minimum atomic E-state index is -4.80. The van der Waals surface area contributed by atoms with Gasteiger partial charge in [0.1, 0.15) is 5.03 Å². The van der Waals surface area contributed by atoms with Gasteiger partial charge in [-0.25, -0.2) is 0 Å². The topological polar surface area (TPSA) is 74.6 Å². The number of halogens is 4. The molecular formula is C9H8ClF3O4. The Morgan fingerprint density at radius 3 is 2.06 bits per heavy atom. The summed E-state index contributed by atoms with van der Waals surface area (Å²) < 4.78 is 36.4. The number of allylic oxidation sites excluding steroid dienone is 2. The second-order valence-electron chi connectivity index (χ2n) is 3.94. The van der Waals surface area contributed by atoms with E-state index in [0.29, 0.717) is 6.08 Å². The van der Waals surface area contributed by atoms with E-state index in [9.17, 15) is 22.8 Å². The van der Waals surface area contributed by atoms with Crippen LogP contribution in [0.15, 0.2) is 11.1 Å². The zero-order valence-corrected chi connectivity index (χ0v) is 9.21. The van der Waals surface area contributed by atoms with Crippen molar-refractivity contribution in [1.29, 1.82) is 0 Å². The normalized spacial score (nSPS) is 33.4. The summed E-state index contributed by atoms with van der Waals surface area (Å²) in [5.41, 5.74) is -1.74. The lowest BCUT2D eigenvalue weighted by Gasteiger charge is -2.05. The molecule has 0 bridgehead atoms. The molecule has 96 valence electrons. The molecule has 3 unspecified atom stereocenters. The first-order valence-corrected chi connectivity index (χ1v) is 4.81. The summed E-state index contributed by atoms with van der Waals surface area (Å²) in [5, 5.41) is 16.0. The molecule has 2 N–H and O–H groups in total. The monoisotopic (exact) mass is 272 g/mol. The summed E-state index contributed by atoms with van der Waals surface area (Å²) in [5.74, 6) is -5.57. The van der Waals surface area contributed by atoms with Crippen molar-refractivity contribution >= 4 is 23.5 Å². The molecule has 1 fully saturated rings. The Bertz CT molecular complexity index is 404. The van der Waals surface area contributed by atoms with Gasteiger partial charge in [0.2, 0.25) is 0 Å². The van der Waals surface area contributed by atoms with Crippen LogP contribution in [0, 0.1) is 17.3 Å². The minimum absolute atomic E-state index is 0.453. The van der Waals surface area contributed by atoms with Crippen molar-refractivity contribution in [3.63, 3.8) is 0 Å². The Morgan fingerprint density at radius 1 is 1.35 bits per heavy atom. The number of hydrogen-bond donors (Lipinski definition) is 2. The molecule has 0 amide bonds. The first-order chi connectivity index (χ1) is 7.52. The van der Waals surface area contributed by atoms with Gasteiger partial charge in [0.15, 0.2) is 0 Å². The first kappa shape index (κ1) is 13.8. The number of carboxylic acid groups (broad SMARTS) is 2. The molecular weight excluding hydrogens is 265 g/mol. The quantitative estimate of drug-likeness (QED) is 0.825. The zero-order valence-electron chi connectivity index (χ0n) is 8.45. The van der Waals surface area contributed by atoms with Crippen molar-refractivity contribution in [3.8, 4) is 0 Å². The van der Waals surface area contributed by atoms with Gasteiger partial charge >= 0.3 is 18.1 Å².